The van der Waals surface area contributed by atoms with Crippen molar-refractivity contribution in [3.8, 4) is 0 Å². The maximum atomic E-state index is 13.3. The van der Waals surface area contributed by atoms with Gasteiger partial charge in [-0.05, 0) is 32.9 Å². The summed E-state index contributed by atoms with van der Waals surface area (Å²) in [6.45, 7) is 6.45. The largest absolute Gasteiger partial charge is 0.395 e. The van der Waals surface area contributed by atoms with Gasteiger partial charge in [0.1, 0.15) is 5.82 Å². The number of anilines is 2. The van der Waals surface area contributed by atoms with Crippen molar-refractivity contribution in [2.75, 3.05) is 23.7 Å². The third-order valence-electron chi connectivity index (χ3n) is 2.33. The minimum atomic E-state index is -0.839. The van der Waals surface area contributed by atoms with Crippen LogP contribution in [-0.2, 0) is 0 Å². The Morgan fingerprint density at radius 3 is 2.56 bits per heavy atom. The molecule has 3 nitrogen and oxygen atoms in total. The Hall–Kier alpha value is -1.29. The molecule has 0 heterocycles. The quantitative estimate of drug-likeness (QED) is 0.772. The molecule has 0 aliphatic heterocycles. The third-order valence-corrected chi connectivity index (χ3v) is 2.33. The maximum Gasteiger partial charge on any atom is 0.148 e. The highest BCUT2D eigenvalue weighted by atomic mass is 19.1. The molecule has 0 saturated heterocycles. The van der Waals surface area contributed by atoms with Crippen LogP contribution in [0.4, 0.5) is 15.8 Å². The molecular formula is C12H19FN2O. The maximum absolute atomic E-state index is 13.3. The van der Waals surface area contributed by atoms with E-state index >= 15 is 0 Å². The van der Waals surface area contributed by atoms with Crippen molar-refractivity contribution >= 4 is 11.4 Å². The lowest BCUT2D eigenvalue weighted by molar-refractivity contribution is 0.0876. The summed E-state index contributed by atoms with van der Waals surface area (Å²) in [7, 11) is 0. The molecule has 3 N–H and O–H groups in total. The SMILES string of the molecule is CCN(CC(C)(C)O)c1cccc(F)c1N. The molecule has 90 valence electrons. The molecule has 4 heteroatoms. The molecule has 0 aliphatic carbocycles. The summed E-state index contributed by atoms with van der Waals surface area (Å²) in [6.07, 6.45) is 0. The van der Waals surface area contributed by atoms with E-state index in [1.165, 1.54) is 6.07 Å². The topological polar surface area (TPSA) is 49.5 Å². The number of benzene rings is 1. The van der Waals surface area contributed by atoms with E-state index in [-0.39, 0.29) is 5.69 Å². The van der Waals surface area contributed by atoms with Gasteiger partial charge in [-0.25, -0.2) is 4.39 Å². The van der Waals surface area contributed by atoms with Gasteiger partial charge in [-0.15, -0.1) is 0 Å². The molecule has 0 atom stereocenters. The van der Waals surface area contributed by atoms with Crippen molar-refractivity contribution in [1.82, 2.24) is 0 Å². The normalized spacial score (nSPS) is 11.6. The predicted molar refractivity (Wildman–Crippen MR) is 65.0 cm³/mol. The van der Waals surface area contributed by atoms with Crippen molar-refractivity contribution in [2.24, 2.45) is 0 Å². The molecule has 0 radical (unpaired) electrons. The first-order chi connectivity index (χ1) is 7.35. The van der Waals surface area contributed by atoms with Crippen LogP contribution < -0.4 is 10.6 Å². The number of nitrogens with two attached hydrogens (primary N) is 1. The molecule has 1 aromatic rings. The van der Waals surface area contributed by atoms with Crippen molar-refractivity contribution in [3.05, 3.63) is 24.0 Å². The summed E-state index contributed by atoms with van der Waals surface area (Å²) in [5.41, 5.74) is 5.60. The predicted octanol–water partition coefficient (Wildman–Crippen LogP) is 2.01. The minimum Gasteiger partial charge on any atom is -0.395 e. The summed E-state index contributed by atoms with van der Waals surface area (Å²) in [4.78, 5) is 1.86. The molecule has 0 bridgehead atoms. The van der Waals surface area contributed by atoms with Crippen molar-refractivity contribution in [2.45, 2.75) is 26.4 Å². The van der Waals surface area contributed by atoms with Crippen LogP contribution in [0, 0.1) is 5.82 Å². The van der Waals surface area contributed by atoms with Gasteiger partial charge >= 0.3 is 0 Å². The standard InChI is InChI=1S/C12H19FN2O/c1-4-15(8-12(2,3)16)10-7-5-6-9(13)11(10)14/h5-7,16H,4,8,14H2,1-3H3. The second kappa shape index (κ2) is 4.70. The van der Waals surface area contributed by atoms with Gasteiger partial charge < -0.3 is 15.7 Å². The third kappa shape index (κ3) is 3.10. The van der Waals surface area contributed by atoms with Gasteiger partial charge in [0.15, 0.2) is 0 Å². The number of hydrogen-bond donors (Lipinski definition) is 2. The zero-order chi connectivity index (χ0) is 12.3. The first kappa shape index (κ1) is 12.8. The Balaban J connectivity index is 3.00. The molecule has 0 aliphatic rings. The van der Waals surface area contributed by atoms with Crippen molar-refractivity contribution < 1.29 is 9.50 Å². The van der Waals surface area contributed by atoms with Gasteiger partial charge in [-0.2, -0.15) is 0 Å². The van der Waals surface area contributed by atoms with Gasteiger partial charge in [0, 0.05) is 13.1 Å². The van der Waals surface area contributed by atoms with Gasteiger partial charge in [0.25, 0.3) is 0 Å². The summed E-state index contributed by atoms with van der Waals surface area (Å²) in [5.74, 6) is -0.424. The van der Waals surface area contributed by atoms with E-state index in [2.05, 4.69) is 0 Å². The van der Waals surface area contributed by atoms with Crippen molar-refractivity contribution in [3.63, 3.8) is 0 Å². The number of hydrogen-bond acceptors (Lipinski definition) is 3. The molecule has 1 rings (SSSR count). The van der Waals surface area contributed by atoms with E-state index in [1.54, 1.807) is 26.0 Å². The number of rotatable bonds is 4. The molecule has 0 unspecified atom stereocenters. The van der Waals surface area contributed by atoms with Gasteiger partial charge in [0.05, 0.1) is 17.0 Å². The highest BCUT2D eigenvalue weighted by Gasteiger charge is 2.19. The molecular weight excluding hydrogens is 207 g/mol. The Bertz CT molecular complexity index is 361. The van der Waals surface area contributed by atoms with E-state index in [9.17, 15) is 9.50 Å². The summed E-state index contributed by atoms with van der Waals surface area (Å²) >= 11 is 0. The lowest BCUT2D eigenvalue weighted by Crippen LogP contribution is -2.39. The number of para-hydroxylation sites is 1. The molecule has 0 amide bonds. The number of nitrogen functional groups attached to an aromatic ring is 1. The van der Waals surface area contributed by atoms with Crippen LogP contribution in [0.5, 0.6) is 0 Å². The summed E-state index contributed by atoms with van der Waals surface area (Å²) in [6, 6.07) is 4.71. The molecule has 1 aromatic carbocycles. The van der Waals surface area contributed by atoms with Crippen LogP contribution in [0.2, 0.25) is 0 Å². The highest BCUT2D eigenvalue weighted by Crippen LogP contribution is 2.26. The number of likely N-dealkylation sites (N-methyl/N-ethyl adjacent to an activating group) is 1. The Morgan fingerprint density at radius 1 is 1.44 bits per heavy atom. The molecule has 0 spiro atoms. The Kier molecular flexibility index (Phi) is 3.75. The molecule has 0 saturated carbocycles. The van der Waals surface area contributed by atoms with Crippen LogP contribution >= 0.6 is 0 Å². The Morgan fingerprint density at radius 2 is 2.06 bits per heavy atom. The molecule has 0 fully saturated rings. The van der Waals surface area contributed by atoms with Crippen molar-refractivity contribution in [1.29, 1.82) is 0 Å². The lowest BCUT2D eigenvalue weighted by atomic mass is 10.1. The second-order valence-electron chi connectivity index (χ2n) is 4.50. The number of nitrogens with zero attached hydrogens (tertiary/aromatic N) is 1. The van der Waals surface area contributed by atoms with Gasteiger partial charge in [-0.3, -0.25) is 0 Å². The minimum absolute atomic E-state index is 0.133. The smallest absolute Gasteiger partial charge is 0.148 e. The van der Waals surface area contributed by atoms with E-state index < -0.39 is 11.4 Å². The van der Waals surface area contributed by atoms with Gasteiger partial charge in [0.2, 0.25) is 0 Å². The van der Waals surface area contributed by atoms with Crippen LogP contribution in [0.25, 0.3) is 0 Å². The number of halogens is 1. The monoisotopic (exact) mass is 226 g/mol. The highest BCUT2D eigenvalue weighted by molar-refractivity contribution is 5.68. The average Bonchev–Trinajstić information content (AvgIpc) is 2.18. The number of aliphatic hydroxyl groups is 1. The Labute approximate surface area is 95.7 Å². The first-order valence-electron chi connectivity index (χ1n) is 5.36. The fourth-order valence-electron chi connectivity index (χ4n) is 1.64. The fraction of sp³-hybridized carbons (Fsp3) is 0.500. The second-order valence-corrected chi connectivity index (χ2v) is 4.50. The zero-order valence-corrected chi connectivity index (χ0v) is 10.00. The van der Waals surface area contributed by atoms with Crippen LogP contribution in [0.1, 0.15) is 20.8 Å². The van der Waals surface area contributed by atoms with Crippen LogP contribution in [0.15, 0.2) is 18.2 Å². The van der Waals surface area contributed by atoms with Gasteiger partial charge in [-0.1, -0.05) is 6.07 Å². The van der Waals surface area contributed by atoms with E-state index in [0.717, 1.165) is 0 Å². The van der Waals surface area contributed by atoms with E-state index in [1.807, 2.05) is 11.8 Å². The zero-order valence-electron chi connectivity index (χ0n) is 10.00. The van der Waals surface area contributed by atoms with E-state index in [4.69, 9.17) is 5.73 Å². The lowest BCUT2D eigenvalue weighted by Gasteiger charge is -2.30. The van der Waals surface area contributed by atoms with E-state index in [0.29, 0.717) is 18.8 Å². The molecule has 16 heavy (non-hydrogen) atoms. The summed E-state index contributed by atoms with van der Waals surface area (Å²) < 4.78 is 13.3. The average molecular weight is 226 g/mol. The van der Waals surface area contributed by atoms with Crippen LogP contribution in [0.3, 0.4) is 0 Å². The van der Waals surface area contributed by atoms with Crippen LogP contribution in [-0.4, -0.2) is 23.8 Å². The molecule has 0 aromatic heterocycles. The first-order valence-corrected chi connectivity index (χ1v) is 5.36. The fourth-order valence-corrected chi connectivity index (χ4v) is 1.64. The summed E-state index contributed by atoms with van der Waals surface area (Å²) in [5, 5.41) is 9.76.